The summed E-state index contributed by atoms with van der Waals surface area (Å²) in [6, 6.07) is 10.8. The van der Waals surface area contributed by atoms with Crippen LogP contribution in [-0.4, -0.2) is 29.4 Å². The van der Waals surface area contributed by atoms with E-state index in [1.807, 2.05) is 19.1 Å². The molecule has 6 heteroatoms. The van der Waals surface area contributed by atoms with Crippen molar-refractivity contribution in [1.82, 2.24) is 4.98 Å². The largest absolute Gasteiger partial charge is 0.479 e. The molecule has 2 amide bonds. The van der Waals surface area contributed by atoms with Gasteiger partial charge in [0.05, 0.1) is 5.69 Å². The molecule has 1 aliphatic heterocycles. The van der Waals surface area contributed by atoms with Gasteiger partial charge in [0.1, 0.15) is 18.1 Å². The second-order valence-corrected chi connectivity index (χ2v) is 5.42. The van der Waals surface area contributed by atoms with Gasteiger partial charge in [0.25, 0.3) is 5.91 Å². The van der Waals surface area contributed by atoms with Gasteiger partial charge < -0.3 is 10.1 Å². The first kappa shape index (κ1) is 15.0. The van der Waals surface area contributed by atoms with Gasteiger partial charge in [-0.3, -0.25) is 14.5 Å². The summed E-state index contributed by atoms with van der Waals surface area (Å²) >= 11 is 0. The molecule has 1 atom stereocenters. The highest BCUT2D eigenvalue weighted by Gasteiger charge is 2.32. The molecule has 2 aromatic rings. The van der Waals surface area contributed by atoms with Gasteiger partial charge in [-0.05, 0) is 43.7 Å². The predicted octanol–water partition coefficient (Wildman–Crippen LogP) is 2.14. The van der Waals surface area contributed by atoms with E-state index < -0.39 is 6.10 Å². The van der Waals surface area contributed by atoms with Crippen molar-refractivity contribution in [3.63, 3.8) is 0 Å². The Labute approximate surface area is 134 Å². The van der Waals surface area contributed by atoms with Gasteiger partial charge in [0.15, 0.2) is 6.10 Å². The van der Waals surface area contributed by atoms with Crippen LogP contribution >= 0.6 is 0 Å². The molecule has 6 nitrogen and oxygen atoms in total. The molecule has 0 saturated carbocycles. The standard InChI is InChI=1S/C17H17N3O3/c1-11-7-8-18-15(9-11)19-16(21)10-20-13-5-3-4-6-14(13)23-12(2)17(20)22/h3-9,12H,10H2,1-2H3,(H,18,19,21)/t12-/m0/s1. The number of nitrogens with one attached hydrogen (secondary N) is 1. The van der Waals surface area contributed by atoms with Crippen LogP contribution in [0.4, 0.5) is 11.5 Å². The number of pyridine rings is 1. The Balaban J connectivity index is 1.78. The fourth-order valence-corrected chi connectivity index (χ4v) is 2.45. The number of fused-ring (bicyclic) bond motifs is 1. The summed E-state index contributed by atoms with van der Waals surface area (Å²) in [5.41, 5.74) is 1.60. The smallest absolute Gasteiger partial charge is 0.268 e. The zero-order valence-corrected chi connectivity index (χ0v) is 12.9. The number of carbonyl (C=O) groups excluding carboxylic acids is 2. The topological polar surface area (TPSA) is 71.5 Å². The summed E-state index contributed by atoms with van der Waals surface area (Å²) in [5, 5.41) is 2.71. The van der Waals surface area contributed by atoms with Crippen LogP contribution < -0.4 is 15.0 Å². The third kappa shape index (κ3) is 3.15. The number of hydrogen-bond acceptors (Lipinski definition) is 4. The molecule has 0 fully saturated rings. The van der Waals surface area contributed by atoms with Crippen LogP contribution in [0.2, 0.25) is 0 Å². The fraction of sp³-hybridized carbons (Fsp3) is 0.235. The molecular formula is C17H17N3O3. The average molecular weight is 311 g/mol. The molecule has 0 saturated heterocycles. The number of aryl methyl sites for hydroxylation is 1. The zero-order valence-electron chi connectivity index (χ0n) is 12.9. The predicted molar refractivity (Wildman–Crippen MR) is 86.5 cm³/mol. The number of amides is 2. The summed E-state index contributed by atoms with van der Waals surface area (Å²) in [4.78, 5) is 30.1. The minimum atomic E-state index is -0.616. The number of nitrogens with zero attached hydrogens (tertiary/aromatic N) is 2. The number of aromatic nitrogens is 1. The molecule has 1 N–H and O–H groups in total. The number of hydrogen-bond donors (Lipinski definition) is 1. The molecule has 1 aromatic heterocycles. The van der Waals surface area contributed by atoms with Gasteiger partial charge >= 0.3 is 0 Å². The van der Waals surface area contributed by atoms with Crippen LogP contribution in [0.25, 0.3) is 0 Å². The molecule has 1 aliphatic rings. The number of carbonyl (C=O) groups is 2. The molecule has 0 radical (unpaired) electrons. The van der Waals surface area contributed by atoms with Crippen molar-refractivity contribution in [3.8, 4) is 5.75 Å². The monoisotopic (exact) mass is 311 g/mol. The number of para-hydroxylation sites is 2. The Kier molecular flexibility index (Phi) is 3.97. The lowest BCUT2D eigenvalue weighted by atomic mass is 10.2. The molecule has 0 bridgehead atoms. The molecule has 3 rings (SSSR count). The zero-order chi connectivity index (χ0) is 16.4. The van der Waals surface area contributed by atoms with E-state index in [4.69, 9.17) is 4.74 Å². The molecule has 23 heavy (non-hydrogen) atoms. The maximum absolute atomic E-state index is 12.3. The van der Waals surface area contributed by atoms with E-state index in [9.17, 15) is 9.59 Å². The maximum Gasteiger partial charge on any atom is 0.268 e. The average Bonchev–Trinajstić information content (AvgIpc) is 2.52. The molecule has 118 valence electrons. The second-order valence-electron chi connectivity index (χ2n) is 5.42. The number of anilines is 2. The lowest BCUT2D eigenvalue weighted by Crippen LogP contribution is -2.47. The van der Waals surface area contributed by atoms with Crippen molar-refractivity contribution in [1.29, 1.82) is 0 Å². The third-order valence-corrected chi connectivity index (χ3v) is 3.56. The highest BCUT2D eigenvalue weighted by atomic mass is 16.5. The van der Waals surface area contributed by atoms with Crippen molar-refractivity contribution in [3.05, 3.63) is 48.2 Å². The van der Waals surface area contributed by atoms with Gasteiger partial charge in [-0.25, -0.2) is 4.98 Å². The van der Waals surface area contributed by atoms with Crippen LogP contribution in [0.15, 0.2) is 42.6 Å². The fourth-order valence-electron chi connectivity index (χ4n) is 2.45. The molecular weight excluding hydrogens is 294 g/mol. The van der Waals surface area contributed by atoms with E-state index in [0.29, 0.717) is 17.3 Å². The van der Waals surface area contributed by atoms with Crippen molar-refractivity contribution in [2.75, 3.05) is 16.8 Å². The summed E-state index contributed by atoms with van der Waals surface area (Å²) in [7, 11) is 0. The lowest BCUT2D eigenvalue weighted by Gasteiger charge is -2.32. The van der Waals surface area contributed by atoms with E-state index in [0.717, 1.165) is 5.56 Å². The highest BCUT2D eigenvalue weighted by Crippen LogP contribution is 2.33. The molecule has 0 spiro atoms. The first-order valence-corrected chi connectivity index (χ1v) is 7.34. The third-order valence-electron chi connectivity index (χ3n) is 3.56. The van der Waals surface area contributed by atoms with Gasteiger partial charge in [0, 0.05) is 6.20 Å². The summed E-state index contributed by atoms with van der Waals surface area (Å²) in [5.74, 6) is 0.523. The van der Waals surface area contributed by atoms with Gasteiger partial charge in [-0.2, -0.15) is 0 Å². The number of rotatable bonds is 3. The Morgan fingerprint density at radius 3 is 2.91 bits per heavy atom. The second kappa shape index (κ2) is 6.08. The van der Waals surface area contributed by atoms with Crippen molar-refractivity contribution >= 4 is 23.3 Å². The first-order valence-electron chi connectivity index (χ1n) is 7.34. The van der Waals surface area contributed by atoms with E-state index in [1.165, 1.54) is 4.90 Å². The van der Waals surface area contributed by atoms with E-state index in [-0.39, 0.29) is 18.4 Å². The Morgan fingerprint density at radius 1 is 1.35 bits per heavy atom. The SMILES string of the molecule is Cc1ccnc(NC(=O)CN2C(=O)[C@H](C)Oc3ccccc32)c1. The summed E-state index contributed by atoms with van der Waals surface area (Å²) in [6.45, 7) is 3.51. The minimum absolute atomic E-state index is 0.0842. The molecule has 1 aromatic carbocycles. The lowest BCUT2D eigenvalue weighted by molar-refractivity contribution is -0.127. The molecule has 0 unspecified atom stereocenters. The first-order chi connectivity index (χ1) is 11.0. The van der Waals surface area contributed by atoms with Crippen LogP contribution in [-0.2, 0) is 9.59 Å². The van der Waals surface area contributed by atoms with Crippen molar-refractivity contribution in [2.45, 2.75) is 20.0 Å². The van der Waals surface area contributed by atoms with E-state index >= 15 is 0 Å². The Hall–Kier alpha value is -2.89. The quantitative estimate of drug-likeness (QED) is 0.942. The van der Waals surface area contributed by atoms with Crippen LogP contribution in [0.3, 0.4) is 0 Å². The van der Waals surface area contributed by atoms with Crippen molar-refractivity contribution < 1.29 is 14.3 Å². The maximum atomic E-state index is 12.3. The number of benzene rings is 1. The van der Waals surface area contributed by atoms with E-state index in [1.54, 1.807) is 37.4 Å². The van der Waals surface area contributed by atoms with Gasteiger partial charge in [0.2, 0.25) is 5.91 Å². The van der Waals surface area contributed by atoms with E-state index in [2.05, 4.69) is 10.3 Å². The molecule has 2 heterocycles. The van der Waals surface area contributed by atoms with Crippen LogP contribution in [0.1, 0.15) is 12.5 Å². The molecule has 0 aliphatic carbocycles. The van der Waals surface area contributed by atoms with Gasteiger partial charge in [-0.15, -0.1) is 0 Å². The van der Waals surface area contributed by atoms with Crippen molar-refractivity contribution in [2.24, 2.45) is 0 Å². The summed E-state index contributed by atoms with van der Waals surface area (Å²) in [6.07, 6.45) is 1.01. The van der Waals surface area contributed by atoms with Gasteiger partial charge in [-0.1, -0.05) is 12.1 Å². The normalized spacial score (nSPS) is 16.5. The number of ether oxygens (including phenoxy) is 1. The Bertz CT molecular complexity index is 760. The van der Waals surface area contributed by atoms with Crippen LogP contribution in [0, 0.1) is 6.92 Å². The highest BCUT2D eigenvalue weighted by molar-refractivity contribution is 6.05. The van der Waals surface area contributed by atoms with Crippen LogP contribution in [0.5, 0.6) is 5.75 Å². The Morgan fingerprint density at radius 2 is 2.13 bits per heavy atom. The minimum Gasteiger partial charge on any atom is -0.479 e. The summed E-state index contributed by atoms with van der Waals surface area (Å²) < 4.78 is 5.55.